The van der Waals surface area contributed by atoms with Gasteiger partial charge in [0, 0.05) is 5.56 Å². The van der Waals surface area contributed by atoms with E-state index in [2.05, 4.69) is 0 Å². The van der Waals surface area contributed by atoms with Crippen LogP contribution in [0, 0.1) is 6.92 Å². The molecule has 0 radical (unpaired) electrons. The van der Waals surface area contributed by atoms with E-state index in [0.29, 0.717) is 16.5 Å². The van der Waals surface area contributed by atoms with E-state index in [1.807, 2.05) is 13.0 Å². The van der Waals surface area contributed by atoms with Gasteiger partial charge < -0.3 is 10.5 Å². The van der Waals surface area contributed by atoms with Crippen LogP contribution in [0.15, 0.2) is 12.1 Å². The summed E-state index contributed by atoms with van der Waals surface area (Å²) in [6.07, 6.45) is 2.17. The number of carbonyl (C=O) groups excluding carboxylic acids is 1. The standard InChI is InChI=1S/C13H15NO2S/c1-7-3-6-9(13(15)16-2)11(8-4-5-8)10(7)12(14)17/h3,6,8H,4-5H2,1-2H3,(H2,14,17). The minimum atomic E-state index is -0.315. The maximum Gasteiger partial charge on any atom is 0.338 e. The molecule has 0 atom stereocenters. The summed E-state index contributed by atoms with van der Waals surface area (Å²) < 4.78 is 4.81. The van der Waals surface area contributed by atoms with Gasteiger partial charge in [0.2, 0.25) is 0 Å². The second kappa shape index (κ2) is 4.45. The molecule has 0 saturated heterocycles. The number of methoxy groups -OCH3 is 1. The first-order chi connectivity index (χ1) is 8.06. The highest BCUT2D eigenvalue weighted by atomic mass is 32.1. The quantitative estimate of drug-likeness (QED) is 0.659. The summed E-state index contributed by atoms with van der Waals surface area (Å²) in [4.78, 5) is 12.1. The number of carbonyl (C=O) groups is 1. The predicted octanol–water partition coefficient (Wildman–Crippen LogP) is 2.29. The molecule has 1 saturated carbocycles. The smallest absolute Gasteiger partial charge is 0.338 e. The fourth-order valence-electron chi connectivity index (χ4n) is 2.14. The first kappa shape index (κ1) is 12.0. The maximum absolute atomic E-state index is 11.7. The van der Waals surface area contributed by atoms with E-state index in [1.165, 1.54) is 7.11 Å². The third kappa shape index (κ3) is 2.17. The van der Waals surface area contributed by atoms with E-state index in [-0.39, 0.29) is 5.97 Å². The molecule has 2 N–H and O–H groups in total. The number of esters is 1. The molecule has 0 aliphatic heterocycles. The maximum atomic E-state index is 11.7. The third-order valence-electron chi connectivity index (χ3n) is 3.09. The zero-order chi connectivity index (χ0) is 12.6. The molecule has 3 nitrogen and oxygen atoms in total. The summed E-state index contributed by atoms with van der Waals surface area (Å²) in [5, 5.41) is 0. The van der Waals surface area contributed by atoms with Crippen molar-refractivity contribution in [3.8, 4) is 0 Å². The van der Waals surface area contributed by atoms with Crippen LogP contribution in [0.25, 0.3) is 0 Å². The van der Waals surface area contributed by atoms with Crippen molar-refractivity contribution in [1.29, 1.82) is 0 Å². The molecular formula is C13H15NO2S. The lowest BCUT2D eigenvalue weighted by Crippen LogP contribution is -2.17. The molecule has 1 aliphatic carbocycles. The average molecular weight is 249 g/mol. The van der Waals surface area contributed by atoms with E-state index >= 15 is 0 Å². The first-order valence-corrected chi connectivity index (χ1v) is 5.98. The van der Waals surface area contributed by atoms with Gasteiger partial charge in [-0.25, -0.2) is 4.79 Å². The second-order valence-corrected chi connectivity index (χ2v) is 4.79. The first-order valence-electron chi connectivity index (χ1n) is 5.58. The largest absolute Gasteiger partial charge is 0.465 e. The van der Waals surface area contributed by atoms with Gasteiger partial charge in [0.05, 0.1) is 12.7 Å². The Morgan fingerprint density at radius 2 is 2.12 bits per heavy atom. The highest BCUT2D eigenvalue weighted by Crippen LogP contribution is 2.44. The second-order valence-electron chi connectivity index (χ2n) is 4.35. The topological polar surface area (TPSA) is 52.3 Å². The predicted molar refractivity (Wildman–Crippen MR) is 70.4 cm³/mol. The van der Waals surface area contributed by atoms with Gasteiger partial charge in [-0.05, 0) is 42.9 Å². The minimum Gasteiger partial charge on any atom is -0.465 e. The molecule has 0 heterocycles. The highest BCUT2D eigenvalue weighted by molar-refractivity contribution is 7.80. The number of thiocarbonyl (C=S) groups is 1. The van der Waals surface area contributed by atoms with E-state index in [0.717, 1.165) is 29.5 Å². The number of rotatable bonds is 3. The molecule has 1 aromatic rings. The number of benzene rings is 1. The molecule has 2 rings (SSSR count). The number of hydrogen-bond donors (Lipinski definition) is 1. The molecule has 0 spiro atoms. The molecule has 1 fully saturated rings. The Morgan fingerprint density at radius 3 is 2.59 bits per heavy atom. The molecule has 0 bridgehead atoms. The van der Waals surface area contributed by atoms with Crippen LogP contribution in [0.3, 0.4) is 0 Å². The summed E-state index contributed by atoms with van der Waals surface area (Å²) >= 11 is 5.09. The third-order valence-corrected chi connectivity index (χ3v) is 3.30. The van der Waals surface area contributed by atoms with Crippen LogP contribution in [0.4, 0.5) is 0 Å². The lowest BCUT2D eigenvalue weighted by Gasteiger charge is -2.14. The van der Waals surface area contributed by atoms with Crippen molar-refractivity contribution in [2.45, 2.75) is 25.7 Å². The number of hydrogen-bond acceptors (Lipinski definition) is 3. The van der Waals surface area contributed by atoms with E-state index < -0.39 is 0 Å². The van der Waals surface area contributed by atoms with Gasteiger partial charge in [0.1, 0.15) is 4.99 Å². The van der Waals surface area contributed by atoms with Crippen molar-refractivity contribution < 1.29 is 9.53 Å². The van der Waals surface area contributed by atoms with Gasteiger partial charge in [-0.15, -0.1) is 0 Å². The van der Waals surface area contributed by atoms with Crippen LogP contribution in [0.5, 0.6) is 0 Å². The summed E-state index contributed by atoms with van der Waals surface area (Å²) in [6.45, 7) is 1.96. The van der Waals surface area contributed by atoms with Crippen LogP contribution < -0.4 is 5.73 Å². The van der Waals surface area contributed by atoms with Gasteiger partial charge >= 0.3 is 5.97 Å². The highest BCUT2D eigenvalue weighted by Gasteiger charge is 2.32. The Kier molecular flexibility index (Phi) is 3.15. The van der Waals surface area contributed by atoms with Crippen molar-refractivity contribution >= 4 is 23.2 Å². The summed E-state index contributed by atoms with van der Waals surface area (Å²) in [6, 6.07) is 3.67. The van der Waals surface area contributed by atoms with E-state index in [4.69, 9.17) is 22.7 Å². The van der Waals surface area contributed by atoms with Gasteiger partial charge in [0.15, 0.2) is 0 Å². The monoisotopic (exact) mass is 249 g/mol. The van der Waals surface area contributed by atoms with Gasteiger partial charge in [0.25, 0.3) is 0 Å². The zero-order valence-electron chi connectivity index (χ0n) is 9.95. The molecule has 0 amide bonds. The van der Waals surface area contributed by atoms with Crippen LogP contribution >= 0.6 is 12.2 Å². The average Bonchev–Trinajstić information content (AvgIpc) is 3.10. The molecule has 0 aromatic heterocycles. The molecule has 90 valence electrons. The molecule has 1 aliphatic rings. The Balaban J connectivity index is 2.64. The van der Waals surface area contributed by atoms with Crippen LogP contribution in [-0.4, -0.2) is 18.1 Å². The van der Waals surface area contributed by atoms with Crippen LogP contribution in [0.2, 0.25) is 0 Å². The Hall–Kier alpha value is -1.42. The Bertz CT molecular complexity index is 492. The number of nitrogens with two attached hydrogens (primary N) is 1. The molecule has 17 heavy (non-hydrogen) atoms. The lowest BCUT2D eigenvalue weighted by atomic mass is 9.93. The minimum absolute atomic E-state index is 0.315. The zero-order valence-corrected chi connectivity index (χ0v) is 10.8. The number of aryl methyl sites for hydroxylation is 1. The van der Waals surface area contributed by atoms with Crippen molar-refractivity contribution in [2.75, 3.05) is 7.11 Å². The Labute approximate surface area is 106 Å². The SMILES string of the molecule is COC(=O)c1ccc(C)c(C(N)=S)c1C1CC1. The summed E-state index contributed by atoms with van der Waals surface area (Å²) in [5.41, 5.74) is 9.22. The van der Waals surface area contributed by atoms with E-state index in [9.17, 15) is 4.79 Å². The Morgan fingerprint density at radius 1 is 1.47 bits per heavy atom. The molecule has 0 unspecified atom stereocenters. The van der Waals surface area contributed by atoms with Crippen molar-refractivity contribution in [1.82, 2.24) is 0 Å². The summed E-state index contributed by atoms with van der Waals surface area (Å²) in [7, 11) is 1.39. The molecule has 4 heteroatoms. The van der Waals surface area contributed by atoms with Gasteiger partial charge in [-0.1, -0.05) is 18.3 Å². The van der Waals surface area contributed by atoms with E-state index in [1.54, 1.807) is 6.07 Å². The molecule has 1 aromatic carbocycles. The normalized spacial score (nSPS) is 14.5. The fourth-order valence-corrected chi connectivity index (χ4v) is 2.41. The van der Waals surface area contributed by atoms with Crippen molar-refractivity contribution in [3.05, 3.63) is 34.4 Å². The van der Waals surface area contributed by atoms with Crippen LogP contribution in [0.1, 0.15) is 45.8 Å². The molecular weight excluding hydrogens is 234 g/mol. The van der Waals surface area contributed by atoms with Gasteiger partial charge in [-0.2, -0.15) is 0 Å². The fraction of sp³-hybridized carbons (Fsp3) is 0.385. The van der Waals surface area contributed by atoms with Crippen molar-refractivity contribution in [2.24, 2.45) is 5.73 Å². The van der Waals surface area contributed by atoms with Gasteiger partial charge in [-0.3, -0.25) is 0 Å². The van der Waals surface area contributed by atoms with Crippen LogP contribution in [-0.2, 0) is 4.74 Å². The summed E-state index contributed by atoms with van der Waals surface area (Å²) in [5.74, 6) is 0.0879. The van der Waals surface area contributed by atoms with Crippen molar-refractivity contribution in [3.63, 3.8) is 0 Å². The number of ether oxygens (including phenoxy) is 1. The lowest BCUT2D eigenvalue weighted by molar-refractivity contribution is 0.0599.